The normalized spacial score (nSPS) is 18.1. The minimum Gasteiger partial charge on any atom is -0.356 e. The summed E-state index contributed by atoms with van der Waals surface area (Å²) in [5, 5.41) is 2.98. The molecule has 1 saturated heterocycles. The van der Waals surface area contributed by atoms with Crippen LogP contribution < -0.4 is 5.32 Å². The standard InChI is InChI=1S/C19H18FIN4O2/c1-2-13(26)25-7-4-19(5-8-25)10-23-18(27)14-15(21)16(24-17(14)19)11-3-6-22-9-12(11)20/h2-3,6,9,24H,1,4-5,7-8,10H2,(H,23,27). The molecule has 0 aromatic carbocycles. The second-order valence-corrected chi connectivity index (χ2v) is 7.99. The monoisotopic (exact) mass is 480 g/mol. The van der Waals surface area contributed by atoms with E-state index in [1.807, 2.05) is 0 Å². The molecule has 1 spiro atoms. The highest BCUT2D eigenvalue weighted by Crippen LogP contribution is 2.43. The van der Waals surface area contributed by atoms with E-state index in [1.165, 1.54) is 18.5 Å². The van der Waals surface area contributed by atoms with Crippen molar-refractivity contribution >= 4 is 34.4 Å². The highest BCUT2D eigenvalue weighted by atomic mass is 127. The maximum Gasteiger partial charge on any atom is 0.254 e. The average Bonchev–Trinajstić information content (AvgIpc) is 3.04. The number of nitrogens with one attached hydrogen (secondary N) is 2. The first kappa shape index (κ1) is 18.1. The van der Waals surface area contributed by atoms with Gasteiger partial charge in [-0.15, -0.1) is 0 Å². The predicted octanol–water partition coefficient (Wildman–Crippen LogP) is 2.61. The maximum absolute atomic E-state index is 14.3. The minimum atomic E-state index is -0.435. The van der Waals surface area contributed by atoms with Gasteiger partial charge in [-0.05, 0) is 47.6 Å². The molecule has 2 amide bonds. The van der Waals surface area contributed by atoms with Crippen LogP contribution in [0.25, 0.3) is 11.3 Å². The number of aromatic nitrogens is 2. The van der Waals surface area contributed by atoms with Crippen LogP contribution in [0.1, 0.15) is 28.9 Å². The van der Waals surface area contributed by atoms with Crippen LogP contribution in [-0.4, -0.2) is 46.3 Å². The zero-order chi connectivity index (χ0) is 19.2. The van der Waals surface area contributed by atoms with E-state index in [9.17, 15) is 14.0 Å². The summed E-state index contributed by atoms with van der Waals surface area (Å²) in [7, 11) is 0. The number of carbonyl (C=O) groups is 2. The fourth-order valence-corrected chi connectivity index (χ4v) is 4.93. The summed E-state index contributed by atoms with van der Waals surface area (Å²) in [6.07, 6.45) is 5.46. The lowest BCUT2D eigenvalue weighted by Crippen LogP contribution is -2.53. The van der Waals surface area contributed by atoms with Gasteiger partial charge in [-0.2, -0.15) is 0 Å². The number of pyridine rings is 1. The lowest BCUT2D eigenvalue weighted by atomic mass is 9.72. The summed E-state index contributed by atoms with van der Waals surface area (Å²) in [6, 6.07) is 1.60. The number of piperidine rings is 1. The molecule has 140 valence electrons. The molecular weight excluding hydrogens is 462 g/mol. The molecule has 0 bridgehead atoms. The van der Waals surface area contributed by atoms with Crippen LogP contribution in [0.3, 0.4) is 0 Å². The van der Waals surface area contributed by atoms with E-state index in [1.54, 1.807) is 11.0 Å². The summed E-state index contributed by atoms with van der Waals surface area (Å²) in [4.78, 5) is 33.4. The maximum atomic E-state index is 14.3. The Balaban J connectivity index is 1.77. The lowest BCUT2D eigenvalue weighted by Gasteiger charge is -2.43. The molecule has 4 heterocycles. The molecule has 0 unspecified atom stereocenters. The molecule has 2 aliphatic rings. The number of hydrogen-bond donors (Lipinski definition) is 2. The molecule has 6 nitrogen and oxygen atoms in total. The number of amides is 2. The van der Waals surface area contributed by atoms with E-state index in [2.05, 4.69) is 44.5 Å². The molecular formula is C19H18FIN4O2. The molecule has 2 aliphatic heterocycles. The van der Waals surface area contributed by atoms with Gasteiger partial charge in [0.1, 0.15) is 0 Å². The number of likely N-dealkylation sites (tertiary alicyclic amines) is 1. The first-order valence-corrected chi connectivity index (χ1v) is 9.76. The van der Waals surface area contributed by atoms with Crippen molar-refractivity contribution in [1.29, 1.82) is 0 Å². The van der Waals surface area contributed by atoms with Crippen LogP contribution in [0.4, 0.5) is 4.39 Å². The summed E-state index contributed by atoms with van der Waals surface area (Å²) in [5.41, 5.74) is 2.12. The Labute approximate surface area is 169 Å². The largest absolute Gasteiger partial charge is 0.356 e. The van der Waals surface area contributed by atoms with Crippen LogP contribution >= 0.6 is 22.6 Å². The Morgan fingerprint density at radius 3 is 2.81 bits per heavy atom. The minimum absolute atomic E-state index is 0.0782. The molecule has 2 aromatic rings. The molecule has 0 radical (unpaired) electrons. The number of H-pyrrole nitrogens is 1. The van der Waals surface area contributed by atoms with Crippen LogP contribution in [-0.2, 0) is 10.2 Å². The van der Waals surface area contributed by atoms with E-state index in [4.69, 9.17) is 0 Å². The SMILES string of the molecule is C=CC(=O)N1CCC2(CC1)CNC(=O)c1c2[nH]c(-c2ccncc2F)c1I. The molecule has 0 atom stereocenters. The third-order valence-electron chi connectivity index (χ3n) is 5.53. The van der Waals surface area contributed by atoms with Crippen molar-refractivity contribution in [3.63, 3.8) is 0 Å². The van der Waals surface area contributed by atoms with E-state index >= 15 is 0 Å². The predicted molar refractivity (Wildman–Crippen MR) is 107 cm³/mol. The molecule has 0 saturated carbocycles. The Hall–Kier alpha value is -2.23. The van der Waals surface area contributed by atoms with Gasteiger partial charge in [-0.25, -0.2) is 4.39 Å². The number of nitrogens with zero attached hydrogens (tertiary/aromatic N) is 2. The molecule has 2 aromatic heterocycles. The fraction of sp³-hybridized carbons (Fsp3) is 0.316. The first-order chi connectivity index (χ1) is 13.0. The molecule has 0 aliphatic carbocycles. The van der Waals surface area contributed by atoms with Gasteiger partial charge in [-0.3, -0.25) is 14.6 Å². The van der Waals surface area contributed by atoms with Crippen molar-refractivity contribution in [2.45, 2.75) is 18.3 Å². The van der Waals surface area contributed by atoms with Gasteiger partial charge in [0.15, 0.2) is 5.82 Å². The number of fused-ring (bicyclic) bond motifs is 2. The van der Waals surface area contributed by atoms with Gasteiger partial charge >= 0.3 is 0 Å². The first-order valence-electron chi connectivity index (χ1n) is 8.68. The number of halogens is 2. The van der Waals surface area contributed by atoms with Gasteiger partial charge in [0, 0.05) is 42.5 Å². The van der Waals surface area contributed by atoms with Crippen molar-refractivity contribution in [3.05, 3.63) is 51.8 Å². The van der Waals surface area contributed by atoms with Crippen LogP contribution in [0.15, 0.2) is 31.1 Å². The fourth-order valence-electron chi connectivity index (χ4n) is 3.99. The Morgan fingerprint density at radius 1 is 1.41 bits per heavy atom. The Kier molecular flexibility index (Phi) is 4.53. The molecule has 27 heavy (non-hydrogen) atoms. The highest BCUT2D eigenvalue weighted by molar-refractivity contribution is 14.1. The molecule has 8 heteroatoms. The number of hydrogen-bond acceptors (Lipinski definition) is 3. The van der Waals surface area contributed by atoms with E-state index in [0.29, 0.717) is 52.9 Å². The van der Waals surface area contributed by atoms with Gasteiger partial charge in [-0.1, -0.05) is 6.58 Å². The smallest absolute Gasteiger partial charge is 0.254 e. The summed E-state index contributed by atoms with van der Waals surface area (Å²) in [6.45, 7) is 5.23. The van der Waals surface area contributed by atoms with Gasteiger partial charge in [0.05, 0.1) is 21.0 Å². The van der Waals surface area contributed by atoms with Crippen molar-refractivity contribution in [2.75, 3.05) is 19.6 Å². The van der Waals surface area contributed by atoms with E-state index in [0.717, 1.165) is 5.69 Å². The Bertz CT molecular complexity index is 947. The van der Waals surface area contributed by atoms with Crippen LogP contribution in [0.5, 0.6) is 0 Å². The second kappa shape index (κ2) is 6.74. The zero-order valence-electron chi connectivity index (χ0n) is 14.5. The molecule has 2 N–H and O–H groups in total. The summed E-state index contributed by atoms with van der Waals surface area (Å²) < 4.78 is 15.0. The molecule has 4 rings (SSSR count). The lowest BCUT2D eigenvalue weighted by molar-refractivity contribution is -0.127. The topological polar surface area (TPSA) is 78.1 Å². The van der Waals surface area contributed by atoms with Gasteiger partial charge in [0.2, 0.25) is 5.91 Å². The van der Waals surface area contributed by atoms with Crippen LogP contribution in [0.2, 0.25) is 0 Å². The van der Waals surface area contributed by atoms with Crippen molar-refractivity contribution in [3.8, 4) is 11.3 Å². The number of aromatic amines is 1. The third kappa shape index (κ3) is 2.86. The summed E-state index contributed by atoms with van der Waals surface area (Å²) >= 11 is 2.10. The zero-order valence-corrected chi connectivity index (χ0v) is 16.7. The van der Waals surface area contributed by atoms with Crippen LogP contribution in [0, 0.1) is 9.39 Å². The van der Waals surface area contributed by atoms with Gasteiger partial charge < -0.3 is 15.2 Å². The Morgan fingerprint density at radius 2 is 2.15 bits per heavy atom. The van der Waals surface area contributed by atoms with Gasteiger partial charge in [0.25, 0.3) is 5.91 Å². The summed E-state index contributed by atoms with van der Waals surface area (Å²) in [5.74, 6) is -0.665. The number of carbonyl (C=O) groups excluding carboxylic acids is 2. The van der Waals surface area contributed by atoms with E-state index in [-0.39, 0.29) is 17.2 Å². The van der Waals surface area contributed by atoms with Crippen molar-refractivity contribution in [2.24, 2.45) is 0 Å². The average molecular weight is 480 g/mol. The van der Waals surface area contributed by atoms with E-state index < -0.39 is 5.82 Å². The highest BCUT2D eigenvalue weighted by Gasteiger charge is 2.45. The molecule has 1 fully saturated rings. The van der Waals surface area contributed by atoms with Crippen molar-refractivity contribution < 1.29 is 14.0 Å². The second-order valence-electron chi connectivity index (χ2n) is 6.91. The third-order valence-corrected chi connectivity index (χ3v) is 6.61. The quantitative estimate of drug-likeness (QED) is 0.513. The number of rotatable bonds is 2. The van der Waals surface area contributed by atoms with Crippen molar-refractivity contribution in [1.82, 2.24) is 20.2 Å².